The fourth-order valence-electron chi connectivity index (χ4n) is 4.35. The van der Waals surface area contributed by atoms with Gasteiger partial charge in [0.1, 0.15) is 11.6 Å². The Morgan fingerprint density at radius 2 is 2.00 bits per heavy atom. The first-order valence-electron chi connectivity index (χ1n) is 11.1. The quantitative estimate of drug-likeness (QED) is 0.599. The third-order valence-electron chi connectivity index (χ3n) is 6.08. The highest BCUT2D eigenvalue weighted by atomic mass is 32.2. The van der Waals surface area contributed by atoms with Gasteiger partial charge in [-0.25, -0.2) is 18.4 Å². The van der Waals surface area contributed by atoms with Gasteiger partial charge in [0.25, 0.3) is 5.91 Å². The molecule has 0 radical (unpaired) electrons. The average molecular weight is 480 g/mol. The van der Waals surface area contributed by atoms with Crippen molar-refractivity contribution in [3.63, 3.8) is 0 Å². The number of pyridine rings is 2. The molecule has 4 heterocycles. The summed E-state index contributed by atoms with van der Waals surface area (Å²) in [4.78, 5) is 25.9. The van der Waals surface area contributed by atoms with Crippen LogP contribution >= 0.6 is 0 Å². The molecule has 1 N–H and O–H groups in total. The van der Waals surface area contributed by atoms with E-state index in [0.717, 1.165) is 16.8 Å². The standard InChI is InChI=1S/C24H25N5O4S/c1-3-29-22-18(24(30)28(2)20-7-5-11-25-23(20)29)14-16(15-26-22)9-12-33-21-8-4-6-19-17(21)10-13-34(31,32)27-19/h4-8,11,14-15,27H,3,9-10,12-13H2,1-2H3. The van der Waals surface area contributed by atoms with Gasteiger partial charge in [0.15, 0.2) is 5.82 Å². The second-order valence-corrected chi connectivity index (χ2v) is 10.1. The van der Waals surface area contributed by atoms with Crippen molar-refractivity contribution >= 4 is 38.9 Å². The molecule has 9 nitrogen and oxygen atoms in total. The van der Waals surface area contributed by atoms with Gasteiger partial charge in [-0.2, -0.15) is 0 Å². The molecule has 10 heteroatoms. The van der Waals surface area contributed by atoms with Crippen molar-refractivity contribution in [2.75, 3.05) is 40.5 Å². The second-order valence-electron chi connectivity index (χ2n) is 8.22. The van der Waals surface area contributed by atoms with Crippen LogP contribution in [0.3, 0.4) is 0 Å². The molecular formula is C24H25N5O4S. The molecule has 2 aromatic heterocycles. The molecule has 0 atom stereocenters. The third kappa shape index (κ3) is 3.94. The number of aromatic nitrogens is 2. The van der Waals surface area contributed by atoms with Crippen LogP contribution in [0.5, 0.6) is 5.75 Å². The average Bonchev–Trinajstić information content (AvgIpc) is 2.91. The molecule has 34 heavy (non-hydrogen) atoms. The summed E-state index contributed by atoms with van der Waals surface area (Å²) in [5.74, 6) is 1.85. The number of rotatable bonds is 5. The van der Waals surface area contributed by atoms with Crippen molar-refractivity contribution < 1.29 is 17.9 Å². The summed E-state index contributed by atoms with van der Waals surface area (Å²) in [5, 5.41) is 0. The zero-order chi connectivity index (χ0) is 23.9. The number of benzene rings is 1. The summed E-state index contributed by atoms with van der Waals surface area (Å²) >= 11 is 0. The number of anilines is 4. The van der Waals surface area contributed by atoms with Crippen molar-refractivity contribution in [3.05, 3.63) is 65.5 Å². The van der Waals surface area contributed by atoms with E-state index in [-0.39, 0.29) is 11.7 Å². The molecule has 176 valence electrons. The molecule has 5 rings (SSSR count). The molecule has 1 amide bonds. The lowest BCUT2D eigenvalue weighted by atomic mass is 10.1. The molecular weight excluding hydrogens is 454 g/mol. The highest BCUT2D eigenvalue weighted by Gasteiger charge is 2.30. The zero-order valence-electron chi connectivity index (χ0n) is 19.0. The number of ether oxygens (including phenoxy) is 1. The van der Waals surface area contributed by atoms with Gasteiger partial charge in [-0.1, -0.05) is 6.07 Å². The zero-order valence-corrected chi connectivity index (χ0v) is 19.8. The second kappa shape index (κ2) is 8.60. The summed E-state index contributed by atoms with van der Waals surface area (Å²) in [6, 6.07) is 10.9. The molecule has 0 unspecified atom stereocenters. The lowest BCUT2D eigenvalue weighted by Crippen LogP contribution is -2.25. The maximum absolute atomic E-state index is 13.3. The number of carbonyl (C=O) groups is 1. The Kier molecular flexibility index (Phi) is 5.60. The Hall–Kier alpha value is -3.66. The van der Waals surface area contributed by atoms with Gasteiger partial charge in [0.05, 0.1) is 29.3 Å². The summed E-state index contributed by atoms with van der Waals surface area (Å²) < 4.78 is 32.3. The van der Waals surface area contributed by atoms with Gasteiger partial charge in [0, 0.05) is 38.0 Å². The molecule has 2 aliphatic heterocycles. The van der Waals surface area contributed by atoms with Crippen LogP contribution in [0.1, 0.15) is 28.4 Å². The SMILES string of the molecule is CCN1c2ncc(CCOc3cccc4c3CCS(=O)(=O)N4)cc2C(=O)N(C)c2cccnc21. The lowest BCUT2D eigenvalue weighted by molar-refractivity contribution is 0.0994. The minimum Gasteiger partial charge on any atom is -0.493 e. The van der Waals surface area contributed by atoms with Gasteiger partial charge in [-0.15, -0.1) is 0 Å². The van der Waals surface area contributed by atoms with Crippen molar-refractivity contribution in [1.29, 1.82) is 0 Å². The summed E-state index contributed by atoms with van der Waals surface area (Å²) in [6.07, 6.45) is 4.43. The topological polar surface area (TPSA) is 105 Å². The van der Waals surface area contributed by atoms with Crippen molar-refractivity contribution in [3.8, 4) is 5.75 Å². The van der Waals surface area contributed by atoms with Crippen LogP contribution in [0.25, 0.3) is 0 Å². The first-order chi connectivity index (χ1) is 16.4. The molecule has 0 saturated carbocycles. The van der Waals surface area contributed by atoms with E-state index in [1.54, 1.807) is 36.5 Å². The molecule has 1 aromatic carbocycles. The van der Waals surface area contributed by atoms with Gasteiger partial charge in [0.2, 0.25) is 10.0 Å². The summed E-state index contributed by atoms with van der Waals surface area (Å²) in [6.45, 7) is 2.99. The lowest BCUT2D eigenvalue weighted by Gasteiger charge is -2.22. The van der Waals surface area contributed by atoms with E-state index in [1.165, 1.54) is 0 Å². The normalized spacial score (nSPS) is 16.1. The maximum atomic E-state index is 13.3. The Labute approximate surface area is 198 Å². The van der Waals surface area contributed by atoms with Gasteiger partial charge < -0.3 is 14.5 Å². The molecule has 0 bridgehead atoms. The third-order valence-corrected chi connectivity index (χ3v) is 7.35. The highest BCUT2D eigenvalue weighted by Crippen LogP contribution is 2.37. The molecule has 0 fully saturated rings. The molecule has 3 aromatic rings. The van der Waals surface area contributed by atoms with Crippen LogP contribution in [0.4, 0.5) is 23.0 Å². The Balaban J connectivity index is 1.37. The molecule has 0 aliphatic carbocycles. The van der Waals surface area contributed by atoms with E-state index in [9.17, 15) is 13.2 Å². The number of fused-ring (bicyclic) bond motifs is 3. The van der Waals surface area contributed by atoms with E-state index in [2.05, 4.69) is 14.7 Å². The van der Waals surface area contributed by atoms with Crippen LogP contribution < -0.4 is 19.3 Å². The Morgan fingerprint density at radius 3 is 2.82 bits per heavy atom. The summed E-state index contributed by atoms with van der Waals surface area (Å²) in [5.41, 5.74) is 3.56. The van der Waals surface area contributed by atoms with Crippen LogP contribution in [0.15, 0.2) is 48.8 Å². The largest absolute Gasteiger partial charge is 0.493 e. The van der Waals surface area contributed by atoms with E-state index in [1.807, 2.05) is 36.1 Å². The van der Waals surface area contributed by atoms with Crippen molar-refractivity contribution in [1.82, 2.24) is 9.97 Å². The fraction of sp³-hybridized carbons (Fsp3) is 0.292. The first kappa shape index (κ1) is 22.1. The highest BCUT2D eigenvalue weighted by molar-refractivity contribution is 7.92. The van der Waals surface area contributed by atoms with Gasteiger partial charge in [-0.05, 0) is 49.2 Å². The van der Waals surface area contributed by atoms with Crippen LogP contribution in [-0.4, -0.2) is 50.2 Å². The van der Waals surface area contributed by atoms with Crippen LogP contribution in [0.2, 0.25) is 0 Å². The van der Waals surface area contributed by atoms with Gasteiger partial charge >= 0.3 is 0 Å². The molecule has 0 spiro atoms. The number of hydrogen-bond acceptors (Lipinski definition) is 7. The number of carbonyl (C=O) groups excluding carboxylic acids is 1. The number of hydrogen-bond donors (Lipinski definition) is 1. The van der Waals surface area contributed by atoms with Crippen LogP contribution in [-0.2, 0) is 22.9 Å². The van der Waals surface area contributed by atoms with E-state index in [0.29, 0.717) is 54.6 Å². The fourth-order valence-corrected chi connectivity index (χ4v) is 5.45. The Morgan fingerprint density at radius 1 is 1.15 bits per heavy atom. The number of amides is 1. The van der Waals surface area contributed by atoms with Gasteiger partial charge in [-0.3, -0.25) is 9.52 Å². The molecule has 0 saturated heterocycles. The maximum Gasteiger partial charge on any atom is 0.261 e. The minimum atomic E-state index is -3.28. The summed E-state index contributed by atoms with van der Waals surface area (Å²) in [7, 11) is -1.54. The van der Waals surface area contributed by atoms with Crippen molar-refractivity contribution in [2.45, 2.75) is 19.8 Å². The number of sulfonamides is 1. The minimum absolute atomic E-state index is 0.0376. The monoisotopic (exact) mass is 479 g/mol. The predicted molar refractivity (Wildman–Crippen MR) is 131 cm³/mol. The van der Waals surface area contributed by atoms with Crippen LogP contribution in [0, 0.1) is 0 Å². The number of nitrogens with zero attached hydrogens (tertiary/aromatic N) is 4. The predicted octanol–water partition coefficient (Wildman–Crippen LogP) is 3.14. The molecule has 2 aliphatic rings. The van der Waals surface area contributed by atoms with E-state index < -0.39 is 10.0 Å². The first-order valence-corrected chi connectivity index (χ1v) is 12.8. The smallest absolute Gasteiger partial charge is 0.261 e. The Bertz CT molecular complexity index is 1380. The van der Waals surface area contributed by atoms with E-state index >= 15 is 0 Å². The number of nitrogens with one attached hydrogen (secondary N) is 1. The van der Waals surface area contributed by atoms with Crippen molar-refractivity contribution in [2.24, 2.45) is 0 Å². The van der Waals surface area contributed by atoms with E-state index in [4.69, 9.17) is 4.74 Å².